The van der Waals surface area contributed by atoms with Crippen molar-refractivity contribution < 1.29 is 19.1 Å². The lowest BCUT2D eigenvalue weighted by Gasteiger charge is -2.18. The van der Waals surface area contributed by atoms with Crippen molar-refractivity contribution >= 4 is 11.9 Å². The van der Waals surface area contributed by atoms with Gasteiger partial charge in [-0.25, -0.2) is 0 Å². The number of esters is 2. The second-order valence-corrected chi connectivity index (χ2v) is 3.04. The molecule has 0 aliphatic heterocycles. The summed E-state index contributed by atoms with van der Waals surface area (Å²) < 4.78 is 9.07. The quantitative estimate of drug-likeness (QED) is 0.474. The van der Waals surface area contributed by atoms with Crippen molar-refractivity contribution in [2.45, 2.75) is 13.3 Å². The van der Waals surface area contributed by atoms with Gasteiger partial charge in [0.2, 0.25) is 0 Å². The highest BCUT2D eigenvalue weighted by Crippen LogP contribution is 1.93. The molecule has 0 aliphatic rings. The third kappa shape index (κ3) is 6.85. The molecule has 0 aromatic heterocycles. The van der Waals surface area contributed by atoms with Gasteiger partial charge in [-0.15, -0.1) is 11.8 Å². The number of hydrogen-bond donors (Lipinski definition) is 0. The average molecular weight is 227 g/mol. The first kappa shape index (κ1) is 14.5. The van der Waals surface area contributed by atoms with Crippen LogP contribution in [0.4, 0.5) is 0 Å². The Balaban J connectivity index is 4.18. The zero-order chi connectivity index (χ0) is 12.4. The number of carbonyl (C=O) groups is 2. The molecule has 0 aromatic rings. The van der Waals surface area contributed by atoms with Gasteiger partial charge in [-0.05, 0) is 6.92 Å². The fourth-order valence-electron chi connectivity index (χ4n) is 1.05. The van der Waals surface area contributed by atoms with E-state index in [1.165, 1.54) is 14.2 Å². The number of ether oxygens (including phenoxy) is 2. The van der Waals surface area contributed by atoms with Crippen molar-refractivity contribution in [1.82, 2.24) is 4.90 Å². The molecule has 0 fully saturated rings. The van der Waals surface area contributed by atoms with Gasteiger partial charge in [0.05, 0.1) is 27.3 Å². The van der Waals surface area contributed by atoms with Gasteiger partial charge in [0, 0.05) is 13.0 Å². The van der Waals surface area contributed by atoms with Crippen LogP contribution in [0.3, 0.4) is 0 Å². The maximum Gasteiger partial charge on any atom is 0.319 e. The van der Waals surface area contributed by atoms with Crippen molar-refractivity contribution in [3.05, 3.63) is 0 Å². The van der Waals surface area contributed by atoms with Crippen LogP contribution in [0.5, 0.6) is 0 Å². The first-order chi connectivity index (χ1) is 7.63. The Morgan fingerprint density at radius 2 is 1.62 bits per heavy atom. The van der Waals surface area contributed by atoms with E-state index in [9.17, 15) is 9.59 Å². The van der Waals surface area contributed by atoms with Crippen LogP contribution in [0.1, 0.15) is 13.3 Å². The van der Waals surface area contributed by atoms with Crippen molar-refractivity contribution in [2.24, 2.45) is 0 Å². The van der Waals surface area contributed by atoms with Gasteiger partial charge < -0.3 is 9.47 Å². The van der Waals surface area contributed by atoms with Gasteiger partial charge in [-0.3, -0.25) is 14.5 Å². The molecule has 0 unspecified atom stereocenters. The summed E-state index contributed by atoms with van der Waals surface area (Å²) in [6.45, 7) is 2.41. The van der Waals surface area contributed by atoms with Crippen LogP contribution in [0.15, 0.2) is 0 Å². The summed E-state index contributed by atoms with van der Waals surface area (Å²) >= 11 is 0. The molecule has 0 aliphatic carbocycles. The van der Waals surface area contributed by atoms with E-state index < -0.39 is 0 Å². The minimum absolute atomic E-state index is 0.0665. The molecular weight excluding hydrogens is 210 g/mol. The predicted octanol–water partition coefficient (Wildman–Crippen LogP) is 0.0478. The Labute approximate surface area is 95.7 Å². The van der Waals surface area contributed by atoms with E-state index in [0.29, 0.717) is 13.0 Å². The Hall–Kier alpha value is -1.54. The lowest BCUT2D eigenvalue weighted by molar-refractivity contribution is -0.145. The molecule has 5 heteroatoms. The summed E-state index contributed by atoms with van der Waals surface area (Å²) in [7, 11) is 2.62. The molecule has 0 radical (unpaired) electrons. The second-order valence-electron chi connectivity index (χ2n) is 3.04. The molecule has 0 atom stereocenters. The fraction of sp³-hybridized carbons (Fsp3) is 0.636. The summed E-state index contributed by atoms with van der Waals surface area (Å²) in [5.74, 6) is 4.85. The van der Waals surface area contributed by atoms with E-state index in [0.717, 1.165) is 0 Å². The van der Waals surface area contributed by atoms with E-state index in [4.69, 9.17) is 0 Å². The van der Waals surface area contributed by atoms with Gasteiger partial charge in [0.15, 0.2) is 0 Å². The summed E-state index contributed by atoms with van der Waals surface area (Å²) in [4.78, 5) is 23.8. The molecule has 0 saturated heterocycles. The van der Waals surface area contributed by atoms with Crippen LogP contribution in [0, 0.1) is 11.8 Å². The SMILES string of the molecule is CC#CCCN(CC(=O)OC)CC(=O)OC. The fourth-order valence-corrected chi connectivity index (χ4v) is 1.05. The zero-order valence-electron chi connectivity index (χ0n) is 9.91. The largest absolute Gasteiger partial charge is 0.468 e. The van der Waals surface area contributed by atoms with Crippen LogP contribution in [-0.2, 0) is 19.1 Å². The number of rotatable bonds is 6. The van der Waals surface area contributed by atoms with Crippen LogP contribution < -0.4 is 0 Å². The molecular formula is C11H17NO4. The van der Waals surface area contributed by atoms with Crippen LogP contribution >= 0.6 is 0 Å². The lowest BCUT2D eigenvalue weighted by atomic mass is 10.3. The standard InChI is InChI=1S/C11H17NO4/c1-4-5-6-7-12(8-10(13)15-2)9-11(14)16-3/h6-9H2,1-3H3. The highest BCUT2D eigenvalue weighted by atomic mass is 16.5. The monoisotopic (exact) mass is 227 g/mol. The van der Waals surface area contributed by atoms with E-state index in [2.05, 4.69) is 21.3 Å². The van der Waals surface area contributed by atoms with Gasteiger partial charge >= 0.3 is 11.9 Å². The minimum atomic E-state index is -0.381. The summed E-state index contributed by atoms with van der Waals surface area (Å²) in [6.07, 6.45) is 0.602. The normalized spacial score (nSPS) is 9.25. The maximum absolute atomic E-state index is 11.1. The molecule has 0 bridgehead atoms. The molecule has 0 spiro atoms. The molecule has 0 saturated carbocycles. The molecule has 16 heavy (non-hydrogen) atoms. The first-order valence-electron chi connectivity index (χ1n) is 4.89. The topological polar surface area (TPSA) is 55.8 Å². The van der Waals surface area contributed by atoms with E-state index in [-0.39, 0.29) is 25.0 Å². The van der Waals surface area contributed by atoms with E-state index in [1.54, 1.807) is 11.8 Å². The Morgan fingerprint density at radius 3 is 2.00 bits per heavy atom. The number of methoxy groups -OCH3 is 2. The van der Waals surface area contributed by atoms with E-state index in [1.807, 2.05) is 0 Å². The Bertz CT molecular complexity index is 272. The highest BCUT2D eigenvalue weighted by molar-refractivity contribution is 5.74. The second kappa shape index (κ2) is 8.74. The van der Waals surface area contributed by atoms with E-state index >= 15 is 0 Å². The highest BCUT2D eigenvalue weighted by Gasteiger charge is 2.14. The van der Waals surface area contributed by atoms with Crippen molar-refractivity contribution in [1.29, 1.82) is 0 Å². The van der Waals surface area contributed by atoms with Crippen molar-refractivity contribution in [2.75, 3.05) is 33.9 Å². The van der Waals surface area contributed by atoms with Gasteiger partial charge in [-0.1, -0.05) is 0 Å². The third-order valence-corrected chi connectivity index (χ3v) is 1.89. The van der Waals surface area contributed by atoms with Gasteiger partial charge in [0.25, 0.3) is 0 Å². The van der Waals surface area contributed by atoms with Crippen molar-refractivity contribution in [3.8, 4) is 11.8 Å². The van der Waals surface area contributed by atoms with Crippen LogP contribution in [0.2, 0.25) is 0 Å². The van der Waals surface area contributed by atoms with Gasteiger partial charge in [-0.2, -0.15) is 0 Å². The zero-order valence-corrected chi connectivity index (χ0v) is 9.91. The summed E-state index contributed by atoms with van der Waals surface area (Å²) in [6, 6.07) is 0. The van der Waals surface area contributed by atoms with Crippen LogP contribution in [-0.4, -0.2) is 50.7 Å². The molecule has 0 rings (SSSR count). The number of carbonyl (C=O) groups excluding carboxylic acids is 2. The van der Waals surface area contributed by atoms with Crippen LogP contribution in [0.25, 0.3) is 0 Å². The predicted molar refractivity (Wildman–Crippen MR) is 58.5 cm³/mol. The minimum Gasteiger partial charge on any atom is -0.468 e. The summed E-state index contributed by atoms with van der Waals surface area (Å²) in [5, 5.41) is 0. The third-order valence-electron chi connectivity index (χ3n) is 1.89. The van der Waals surface area contributed by atoms with Crippen molar-refractivity contribution in [3.63, 3.8) is 0 Å². The smallest absolute Gasteiger partial charge is 0.319 e. The maximum atomic E-state index is 11.1. The van der Waals surface area contributed by atoms with Gasteiger partial charge in [0.1, 0.15) is 0 Å². The molecule has 5 nitrogen and oxygen atoms in total. The molecule has 0 heterocycles. The number of nitrogens with zero attached hydrogens (tertiary/aromatic N) is 1. The number of hydrogen-bond acceptors (Lipinski definition) is 5. The lowest BCUT2D eigenvalue weighted by Crippen LogP contribution is -2.36. The molecule has 90 valence electrons. The Kier molecular flexibility index (Phi) is 7.90. The molecule has 0 amide bonds. The Morgan fingerprint density at radius 1 is 1.12 bits per heavy atom. The molecule has 0 aromatic carbocycles. The first-order valence-corrected chi connectivity index (χ1v) is 4.89. The molecule has 0 N–H and O–H groups in total. The summed E-state index contributed by atoms with van der Waals surface area (Å²) in [5.41, 5.74) is 0. The average Bonchev–Trinajstić information content (AvgIpc) is 2.28.